The highest BCUT2D eigenvalue weighted by Gasteiger charge is 2.16. The third kappa shape index (κ3) is 4.91. The van der Waals surface area contributed by atoms with Crippen LogP contribution >= 0.6 is 0 Å². The van der Waals surface area contributed by atoms with Crippen molar-refractivity contribution in [2.75, 3.05) is 39.3 Å². The number of hydrogen-bond acceptors (Lipinski definition) is 3. The monoisotopic (exact) mass is 259 g/mol. The fourth-order valence-corrected chi connectivity index (χ4v) is 2.42. The van der Waals surface area contributed by atoms with Crippen molar-refractivity contribution in [2.45, 2.75) is 13.0 Å². The molecule has 0 spiro atoms. The van der Waals surface area contributed by atoms with Crippen molar-refractivity contribution in [3.8, 4) is 0 Å². The molecule has 1 heterocycles. The zero-order valence-corrected chi connectivity index (χ0v) is 11.3. The molecule has 0 radical (unpaired) electrons. The number of hydrogen-bond donors (Lipinski definition) is 0. The van der Waals surface area contributed by atoms with Crippen LogP contribution in [0.25, 0.3) is 10.4 Å². The van der Waals surface area contributed by atoms with Crippen LogP contribution in [0.2, 0.25) is 0 Å². The lowest BCUT2D eigenvalue weighted by Gasteiger charge is -2.34. The van der Waals surface area contributed by atoms with Gasteiger partial charge in [0, 0.05) is 44.2 Å². The van der Waals surface area contributed by atoms with E-state index in [0.29, 0.717) is 6.54 Å². The molecule has 0 bridgehead atoms. The van der Waals surface area contributed by atoms with Gasteiger partial charge in [0.05, 0.1) is 0 Å². The van der Waals surface area contributed by atoms with E-state index in [2.05, 4.69) is 50.2 Å². The van der Waals surface area contributed by atoms with E-state index in [-0.39, 0.29) is 0 Å². The van der Waals surface area contributed by atoms with Gasteiger partial charge in [0.25, 0.3) is 0 Å². The van der Waals surface area contributed by atoms with Crippen LogP contribution in [0.15, 0.2) is 35.4 Å². The summed E-state index contributed by atoms with van der Waals surface area (Å²) in [4.78, 5) is 7.73. The Bertz CT molecular complexity index is 405. The normalized spacial score (nSPS) is 17.1. The summed E-state index contributed by atoms with van der Waals surface area (Å²) in [6.07, 6.45) is 0.961. The standard InChI is InChI=1S/C14H21N5/c15-17-16-7-4-8-18-9-11-19(12-10-18)13-14-5-2-1-3-6-14/h1-3,5-6H,4,7-13H2. The highest BCUT2D eigenvalue weighted by atomic mass is 15.3. The summed E-state index contributed by atoms with van der Waals surface area (Å²) in [5, 5.41) is 3.57. The maximum Gasteiger partial charge on any atom is 0.0270 e. The van der Waals surface area contributed by atoms with Gasteiger partial charge in [-0.2, -0.15) is 0 Å². The van der Waals surface area contributed by atoms with Crippen molar-refractivity contribution in [1.29, 1.82) is 0 Å². The van der Waals surface area contributed by atoms with Crippen LogP contribution < -0.4 is 0 Å². The van der Waals surface area contributed by atoms with Gasteiger partial charge in [-0.05, 0) is 24.1 Å². The summed E-state index contributed by atoms with van der Waals surface area (Å²) in [5.41, 5.74) is 9.60. The lowest BCUT2D eigenvalue weighted by molar-refractivity contribution is 0.127. The van der Waals surface area contributed by atoms with Gasteiger partial charge in [0.2, 0.25) is 0 Å². The number of piperazine rings is 1. The fraction of sp³-hybridized carbons (Fsp3) is 0.571. The minimum Gasteiger partial charge on any atom is -0.301 e. The third-order valence-corrected chi connectivity index (χ3v) is 3.51. The lowest BCUT2D eigenvalue weighted by atomic mass is 10.2. The zero-order chi connectivity index (χ0) is 13.3. The van der Waals surface area contributed by atoms with E-state index in [1.165, 1.54) is 5.56 Å². The van der Waals surface area contributed by atoms with Gasteiger partial charge < -0.3 is 4.90 Å². The van der Waals surface area contributed by atoms with E-state index in [0.717, 1.165) is 45.7 Å². The second-order valence-electron chi connectivity index (χ2n) is 4.91. The van der Waals surface area contributed by atoms with E-state index in [9.17, 15) is 0 Å². The number of azide groups is 1. The van der Waals surface area contributed by atoms with Crippen LogP contribution in [-0.4, -0.2) is 49.1 Å². The molecule has 0 aliphatic carbocycles. The first kappa shape index (κ1) is 13.9. The van der Waals surface area contributed by atoms with Crippen LogP contribution in [0.5, 0.6) is 0 Å². The molecular weight excluding hydrogens is 238 g/mol. The van der Waals surface area contributed by atoms with Crippen molar-refractivity contribution < 1.29 is 0 Å². The molecule has 2 rings (SSSR count). The van der Waals surface area contributed by atoms with Gasteiger partial charge in [0.15, 0.2) is 0 Å². The van der Waals surface area contributed by atoms with E-state index in [1.54, 1.807) is 0 Å². The number of rotatable bonds is 6. The Hall–Kier alpha value is -1.55. The van der Waals surface area contributed by atoms with Gasteiger partial charge in [-0.15, -0.1) is 0 Å². The molecule has 0 saturated carbocycles. The maximum atomic E-state index is 8.22. The first-order chi connectivity index (χ1) is 9.38. The Labute approximate surface area is 114 Å². The largest absolute Gasteiger partial charge is 0.301 e. The van der Waals surface area contributed by atoms with E-state index in [4.69, 9.17) is 5.53 Å². The summed E-state index contributed by atoms with van der Waals surface area (Å²) < 4.78 is 0. The Morgan fingerprint density at radius 2 is 1.74 bits per heavy atom. The van der Waals surface area contributed by atoms with Crippen LogP contribution in [-0.2, 0) is 6.54 Å². The molecule has 1 aromatic rings. The van der Waals surface area contributed by atoms with Crippen LogP contribution in [0, 0.1) is 0 Å². The summed E-state index contributed by atoms with van der Waals surface area (Å²) in [6.45, 7) is 7.17. The minimum absolute atomic E-state index is 0.612. The zero-order valence-electron chi connectivity index (χ0n) is 11.3. The van der Waals surface area contributed by atoms with Gasteiger partial charge in [0.1, 0.15) is 0 Å². The van der Waals surface area contributed by atoms with Crippen molar-refractivity contribution in [3.63, 3.8) is 0 Å². The van der Waals surface area contributed by atoms with Gasteiger partial charge in [-0.3, -0.25) is 4.90 Å². The second kappa shape index (κ2) is 7.79. The van der Waals surface area contributed by atoms with Crippen LogP contribution in [0.3, 0.4) is 0 Å². The molecule has 5 heteroatoms. The van der Waals surface area contributed by atoms with Crippen molar-refractivity contribution in [3.05, 3.63) is 46.3 Å². The average molecular weight is 259 g/mol. The molecule has 102 valence electrons. The first-order valence-corrected chi connectivity index (χ1v) is 6.88. The van der Waals surface area contributed by atoms with Crippen molar-refractivity contribution >= 4 is 0 Å². The van der Waals surface area contributed by atoms with Crippen LogP contribution in [0.1, 0.15) is 12.0 Å². The van der Waals surface area contributed by atoms with Gasteiger partial charge in [-0.25, -0.2) is 0 Å². The molecule has 1 aliphatic heterocycles. The predicted molar refractivity (Wildman–Crippen MR) is 76.8 cm³/mol. The second-order valence-corrected chi connectivity index (χ2v) is 4.91. The third-order valence-electron chi connectivity index (χ3n) is 3.51. The van der Waals surface area contributed by atoms with E-state index >= 15 is 0 Å². The lowest BCUT2D eigenvalue weighted by Crippen LogP contribution is -2.46. The summed E-state index contributed by atoms with van der Waals surface area (Å²) in [5.74, 6) is 0. The van der Waals surface area contributed by atoms with E-state index < -0.39 is 0 Å². The summed E-state index contributed by atoms with van der Waals surface area (Å²) >= 11 is 0. The molecule has 0 N–H and O–H groups in total. The van der Waals surface area contributed by atoms with Crippen molar-refractivity contribution in [1.82, 2.24) is 9.80 Å². The van der Waals surface area contributed by atoms with Gasteiger partial charge >= 0.3 is 0 Å². The Morgan fingerprint density at radius 3 is 2.42 bits per heavy atom. The Balaban J connectivity index is 1.66. The smallest absolute Gasteiger partial charge is 0.0270 e. The molecule has 0 unspecified atom stereocenters. The molecule has 1 fully saturated rings. The molecule has 0 amide bonds. The molecule has 0 aromatic heterocycles. The van der Waals surface area contributed by atoms with Gasteiger partial charge in [-0.1, -0.05) is 35.4 Å². The molecule has 1 aliphatic rings. The maximum absolute atomic E-state index is 8.22. The topological polar surface area (TPSA) is 55.2 Å². The predicted octanol–water partition coefficient (Wildman–Crippen LogP) is 2.50. The van der Waals surface area contributed by atoms with E-state index in [1.807, 2.05) is 0 Å². The average Bonchev–Trinajstić information content (AvgIpc) is 2.46. The summed E-state index contributed by atoms with van der Waals surface area (Å²) in [6, 6.07) is 10.6. The Kier molecular flexibility index (Phi) is 5.69. The quantitative estimate of drug-likeness (QED) is 0.341. The molecule has 0 atom stereocenters. The fourth-order valence-electron chi connectivity index (χ4n) is 2.42. The minimum atomic E-state index is 0.612. The van der Waals surface area contributed by atoms with Crippen molar-refractivity contribution in [2.24, 2.45) is 5.11 Å². The molecular formula is C14H21N5. The molecule has 19 heavy (non-hydrogen) atoms. The number of benzene rings is 1. The SMILES string of the molecule is [N-]=[N+]=NCCCN1CCN(Cc2ccccc2)CC1. The summed E-state index contributed by atoms with van der Waals surface area (Å²) in [7, 11) is 0. The molecule has 5 nitrogen and oxygen atoms in total. The highest BCUT2D eigenvalue weighted by molar-refractivity contribution is 5.14. The van der Waals surface area contributed by atoms with Crippen LogP contribution in [0.4, 0.5) is 0 Å². The first-order valence-electron chi connectivity index (χ1n) is 6.88. The molecule has 1 saturated heterocycles. The Morgan fingerprint density at radius 1 is 1.05 bits per heavy atom. The number of nitrogens with zero attached hydrogens (tertiary/aromatic N) is 5. The highest BCUT2D eigenvalue weighted by Crippen LogP contribution is 2.08. The molecule has 1 aromatic carbocycles.